The van der Waals surface area contributed by atoms with Gasteiger partial charge in [0, 0.05) is 4.90 Å². The van der Waals surface area contributed by atoms with Gasteiger partial charge in [-0.3, -0.25) is 0 Å². The molecule has 0 unspecified atom stereocenters. The normalized spacial score (nSPS) is 12.0. The van der Waals surface area contributed by atoms with Crippen LogP contribution in [0.5, 0.6) is 0 Å². The first-order chi connectivity index (χ1) is 7.17. The molecule has 17 heavy (non-hydrogen) atoms. The van der Waals surface area contributed by atoms with E-state index >= 15 is 0 Å². The summed E-state index contributed by atoms with van der Waals surface area (Å²) in [6.07, 6.45) is 0. The fourth-order valence-corrected chi connectivity index (χ4v) is 2.43. The summed E-state index contributed by atoms with van der Waals surface area (Å²) in [6, 6.07) is 5.03. The quantitative estimate of drug-likeness (QED) is 0.422. The molecule has 1 aromatic rings. The van der Waals surface area contributed by atoms with E-state index in [1.165, 1.54) is 18.2 Å². The summed E-state index contributed by atoms with van der Waals surface area (Å²) in [5.74, 6) is -0.938. The maximum absolute atomic E-state index is 12.1. The van der Waals surface area contributed by atoms with Crippen molar-refractivity contribution in [2.75, 3.05) is 0 Å². The molecule has 0 saturated carbocycles. The average Bonchev–Trinajstić information content (AvgIpc) is 2.03. The van der Waals surface area contributed by atoms with Gasteiger partial charge in [0.05, 0.1) is 15.9 Å². The Balaban J connectivity index is 0.00000256. The molecule has 1 rings (SSSR count). The smallest absolute Gasteiger partial charge is 0.748 e. The van der Waals surface area contributed by atoms with Crippen molar-refractivity contribution in [2.24, 2.45) is 0 Å². The van der Waals surface area contributed by atoms with Crippen molar-refractivity contribution in [2.45, 2.75) is 16.2 Å². The monoisotopic (exact) mass is 294 g/mol. The summed E-state index contributed by atoms with van der Waals surface area (Å²) in [6.45, 7) is 0. The van der Waals surface area contributed by atoms with E-state index in [0.29, 0.717) is 0 Å². The van der Waals surface area contributed by atoms with Gasteiger partial charge >= 0.3 is 35.1 Å². The third-order valence-corrected chi connectivity index (χ3v) is 3.04. The molecule has 0 aliphatic carbocycles. The topological polar surface area (TPSA) is 57.2 Å². The molecule has 0 saturated heterocycles. The zero-order chi connectivity index (χ0) is 12.4. The zero-order valence-electron chi connectivity index (χ0n) is 8.69. The number of benzene rings is 1. The molecule has 3 nitrogen and oxygen atoms in total. The molecule has 0 bridgehead atoms. The minimum absolute atomic E-state index is 0. The number of hydrogen-bond donors (Lipinski definition) is 0. The molecule has 0 aliphatic heterocycles. The predicted molar refractivity (Wildman–Crippen MR) is 51.8 cm³/mol. The SMILES string of the molecule is O=S(=O)([O-])Cc1ccccc1SC(F)(F)F.[Na+]. The minimum Gasteiger partial charge on any atom is -0.748 e. The molecule has 90 valence electrons. The Kier molecular flexibility index (Phi) is 6.54. The molecule has 1 aromatic carbocycles. The van der Waals surface area contributed by atoms with Gasteiger partial charge in [-0.25, -0.2) is 8.42 Å². The Morgan fingerprint density at radius 3 is 2.24 bits per heavy atom. The zero-order valence-corrected chi connectivity index (χ0v) is 12.3. The summed E-state index contributed by atoms with van der Waals surface area (Å²) < 4.78 is 67.7. The van der Waals surface area contributed by atoms with Crippen LogP contribution in [0.2, 0.25) is 0 Å². The third kappa shape index (κ3) is 7.32. The molecule has 0 atom stereocenters. The molecule has 0 aromatic heterocycles. The Hall–Kier alpha value is 0.270. The molecule has 0 fully saturated rings. The molecule has 0 N–H and O–H groups in total. The van der Waals surface area contributed by atoms with Gasteiger partial charge in [-0.1, -0.05) is 18.2 Å². The molecule has 0 amide bonds. The molecule has 9 heteroatoms. The number of rotatable bonds is 3. The second-order valence-electron chi connectivity index (χ2n) is 2.86. The molecule has 0 heterocycles. The van der Waals surface area contributed by atoms with Crippen molar-refractivity contribution in [1.82, 2.24) is 0 Å². The van der Waals surface area contributed by atoms with Gasteiger partial charge in [0.15, 0.2) is 0 Å². The maximum atomic E-state index is 12.1. The third-order valence-electron chi connectivity index (χ3n) is 1.53. The van der Waals surface area contributed by atoms with Crippen LogP contribution in [0.25, 0.3) is 0 Å². The number of thioether (sulfide) groups is 1. The van der Waals surface area contributed by atoms with E-state index in [4.69, 9.17) is 0 Å². The van der Waals surface area contributed by atoms with Crippen LogP contribution in [0.3, 0.4) is 0 Å². The molecule has 0 radical (unpaired) electrons. The fraction of sp³-hybridized carbons (Fsp3) is 0.250. The number of hydrogen-bond acceptors (Lipinski definition) is 4. The van der Waals surface area contributed by atoms with E-state index in [0.717, 1.165) is 6.07 Å². The van der Waals surface area contributed by atoms with Crippen LogP contribution in [-0.2, 0) is 15.9 Å². The van der Waals surface area contributed by atoms with Crippen LogP contribution < -0.4 is 29.6 Å². The largest absolute Gasteiger partial charge is 1.00 e. The van der Waals surface area contributed by atoms with Gasteiger partial charge in [-0.05, 0) is 23.4 Å². The number of alkyl halides is 3. The molecular formula is C8H6F3NaO3S2. The van der Waals surface area contributed by atoms with Crippen molar-refractivity contribution < 1.29 is 55.7 Å². The summed E-state index contributed by atoms with van der Waals surface area (Å²) in [5, 5.41) is 0. The van der Waals surface area contributed by atoms with Gasteiger partial charge in [0.2, 0.25) is 0 Å². The van der Waals surface area contributed by atoms with Gasteiger partial charge < -0.3 is 4.55 Å². The Labute approximate surface area is 123 Å². The Morgan fingerprint density at radius 1 is 1.24 bits per heavy atom. The van der Waals surface area contributed by atoms with Gasteiger partial charge in [0.25, 0.3) is 0 Å². The minimum atomic E-state index is -4.59. The molecule has 0 spiro atoms. The number of halogens is 3. The van der Waals surface area contributed by atoms with E-state index in [2.05, 4.69) is 0 Å². The van der Waals surface area contributed by atoms with Gasteiger partial charge in [-0.2, -0.15) is 13.2 Å². The van der Waals surface area contributed by atoms with Crippen LogP contribution >= 0.6 is 11.8 Å². The average molecular weight is 294 g/mol. The summed E-state index contributed by atoms with van der Waals surface area (Å²) >= 11 is -0.435. The maximum Gasteiger partial charge on any atom is 1.00 e. The van der Waals surface area contributed by atoms with Crippen molar-refractivity contribution in [3.8, 4) is 0 Å². The summed E-state index contributed by atoms with van der Waals surface area (Å²) in [7, 11) is -4.59. The van der Waals surface area contributed by atoms with E-state index < -0.39 is 33.1 Å². The van der Waals surface area contributed by atoms with E-state index in [1.807, 2.05) is 0 Å². The first-order valence-corrected chi connectivity index (χ1v) is 6.34. The van der Waals surface area contributed by atoms with Crippen LogP contribution in [0, 0.1) is 0 Å². The molecule has 0 aliphatic rings. The van der Waals surface area contributed by atoms with Crippen LogP contribution in [0.4, 0.5) is 13.2 Å². The Morgan fingerprint density at radius 2 is 1.76 bits per heavy atom. The summed E-state index contributed by atoms with van der Waals surface area (Å²) in [5.41, 5.74) is -4.65. The van der Waals surface area contributed by atoms with E-state index in [9.17, 15) is 26.1 Å². The second kappa shape index (κ2) is 6.44. The first kappa shape index (κ1) is 17.3. The van der Waals surface area contributed by atoms with Crippen LogP contribution in [0.15, 0.2) is 29.2 Å². The summed E-state index contributed by atoms with van der Waals surface area (Å²) in [4.78, 5) is -0.269. The van der Waals surface area contributed by atoms with Crippen molar-refractivity contribution in [1.29, 1.82) is 0 Å². The van der Waals surface area contributed by atoms with Crippen LogP contribution in [0.1, 0.15) is 5.56 Å². The van der Waals surface area contributed by atoms with Crippen molar-refractivity contribution >= 4 is 21.9 Å². The van der Waals surface area contributed by atoms with Crippen molar-refractivity contribution in [3.63, 3.8) is 0 Å². The van der Waals surface area contributed by atoms with E-state index in [-0.39, 0.29) is 40.0 Å². The van der Waals surface area contributed by atoms with Gasteiger partial charge in [-0.15, -0.1) is 0 Å². The second-order valence-corrected chi connectivity index (χ2v) is 5.37. The standard InChI is InChI=1S/C8H7F3O3S2.Na/c9-8(10,11)15-7-4-2-1-3-6(7)5-16(12,13)14;/h1-4H,5H2,(H,12,13,14);/q;+1/p-1. The molecular weight excluding hydrogens is 288 g/mol. The van der Waals surface area contributed by atoms with E-state index in [1.54, 1.807) is 0 Å². The predicted octanol–water partition coefficient (Wildman–Crippen LogP) is -0.652. The van der Waals surface area contributed by atoms with Gasteiger partial charge in [0.1, 0.15) is 0 Å². The fourth-order valence-electron chi connectivity index (χ4n) is 1.04. The van der Waals surface area contributed by atoms with Crippen LogP contribution in [-0.4, -0.2) is 18.5 Å². The Bertz CT molecular complexity index is 473. The van der Waals surface area contributed by atoms with Crippen molar-refractivity contribution in [3.05, 3.63) is 29.8 Å². The first-order valence-electron chi connectivity index (χ1n) is 3.94.